The van der Waals surface area contributed by atoms with Crippen LogP contribution in [0.1, 0.15) is 18.1 Å². The molecular formula is C25H28N2O5. The highest BCUT2D eigenvalue weighted by Crippen LogP contribution is 2.29. The number of rotatable bonds is 6. The van der Waals surface area contributed by atoms with Crippen LogP contribution >= 0.6 is 0 Å². The number of methoxy groups -OCH3 is 1. The van der Waals surface area contributed by atoms with E-state index in [2.05, 4.69) is 4.90 Å². The van der Waals surface area contributed by atoms with Crippen molar-refractivity contribution in [2.24, 2.45) is 0 Å². The lowest BCUT2D eigenvalue weighted by Gasteiger charge is -2.36. The molecular weight excluding hydrogens is 408 g/mol. The SMILES string of the molecule is CCc1cc(=O)oc2c(C)c(OCC(=O)N3CCN(c4ccc(OC)cc4)CC3)ccc12. The molecule has 168 valence electrons. The number of piperazine rings is 1. The summed E-state index contributed by atoms with van der Waals surface area (Å²) >= 11 is 0. The molecule has 7 heteroatoms. The third kappa shape index (κ3) is 4.42. The maximum atomic E-state index is 12.7. The van der Waals surface area contributed by atoms with Crippen molar-refractivity contribution in [2.45, 2.75) is 20.3 Å². The Morgan fingerprint density at radius 3 is 2.44 bits per heavy atom. The van der Waals surface area contributed by atoms with Gasteiger partial charge in [0.15, 0.2) is 6.61 Å². The molecule has 1 fully saturated rings. The number of amides is 1. The molecule has 2 heterocycles. The standard InChI is InChI=1S/C25H28N2O5/c1-4-18-15-24(29)32-25-17(2)22(10-9-21(18)25)31-16-23(28)27-13-11-26(12-14-27)19-5-7-20(30-3)8-6-19/h5-10,15H,4,11-14,16H2,1-3H3. The van der Waals surface area contributed by atoms with Gasteiger partial charge in [-0.2, -0.15) is 0 Å². The van der Waals surface area contributed by atoms with E-state index in [4.69, 9.17) is 13.9 Å². The molecule has 7 nitrogen and oxygen atoms in total. The van der Waals surface area contributed by atoms with Gasteiger partial charge < -0.3 is 23.7 Å². The van der Waals surface area contributed by atoms with Crippen molar-refractivity contribution in [3.8, 4) is 11.5 Å². The van der Waals surface area contributed by atoms with Crippen LogP contribution < -0.4 is 20.0 Å². The number of fused-ring (bicyclic) bond motifs is 1. The van der Waals surface area contributed by atoms with Crippen molar-refractivity contribution in [3.05, 3.63) is 64.0 Å². The maximum Gasteiger partial charge on any atom is 0.336 e. The van der Waals surface area contributed by atoms with Crippen molar-refractivity contribution < 1.29 is 18.7 Å². The summed E-state index contributed by atoms with van der Waals surface area (Å²) in [7, 11) is 1.65. The van der Waals surface area contributed by atoms with Gasteiger partial charge >= 0.3 is 5.63 Å². The maximum absolute atomic E-state index is 12.7. The van der Waals surface area contributed by atoms with E-state index in [0.29, 0.717) is 24.4 Å². The first kappa shape index (κ1) is 21.7. The van der Waals surface area contributed by atoms with Crippen LogP contribution in [0, 0.1) is 6.92 Å². The summed E-state index contributed by atoms with van der Waals surface area (Å²) in [5.41, 5.74) is 2.94. The summed E-state index contributed by atoms with van der Waals surface area (Å²) in [6.45, 7) is 6.60. The van der Waals surface area contributed by atoms with Gasteiger partial charge in [0.05, 0.1) is 7.11 Å². The Hall–Kier alpha value is -3.48. The number of ether oxygens (including phenoxy) is 2. The fourth-order valence-electron chi connectivity index (χ4n) is 4.09. The molecule has 0 N–H and O–H groups in total. The van der Waals surface area contributed by atoms with Gasteiger partial charge in [0.25, 0.3) is 5.91 Å². The molecule has 0 bridgehead atoms. The average molecular weight is 437 g/mol. The van der Waals surface area contributed by atoms with Crippen LogP contribution in [0.4, 0.5) is 5.69 Å². The fraction of sp³-hybridized carbons (Fsp3) is 0.360. The summed E-state index contributed by atoms with van der Waals surface area (Å²) < 4.78 is 16.5. The Morgan fingerprint density at radius 2 is 1.78 bits per heavy atom. The van der Waals surface area contributed by atoms with Gasteiger partial charge in [-0.05, 0) is 55.3 Å². The molecule has 0 atom stereocenters. The topological polar surface area (TPSA) is 72.2 Å². The molecule has 0 spiro atoms. The molecule has 1 aliphatic rings. The molecule has 2 aromatic carbocycles. The minimum Gasteiger partial charge on any atom is -0.497 e. The Bertz CT molecular complexity index is 1160. The smallest absolute Gasteiger partial charge is 0.336 e. The zero-order valence-electron chi connectivity index (χ0n) is 18.7. The predicted molar refractivity (Wildman–Crippen MR) is 124 cm³/mol. The van der Waals surface area contributed by atoms with E-state index in [0.717, 1.165) is 47.5 Å². The number of carbonyl (C=O) groups excluding carboxylic acids is 1. The minimum atomic E-state index is -0.375. The largest absolute Gasteiger partial charge is 0.497 e. The quantitative estimate of drug-likeness (QED) is 0.552. The molecule has 1 aliphatic heterocycles. The highest BCUT2D eigenvalue weighted by Gasteiger charge is 2.22. The summed E-state index contributed by atoms with van der Waals surface area (Å²) in [5, 5.41) is 0.901. The lowest BCUT2D eigenvalue weighted by atomic mass is 10.0. The van der Waals surface area contributed by atoms with E-state index < -0.39 is 0 Å². The monoisotopic (exact) mass is 436 g/mol. The number of hydrogen-bond donors (Lipinski definition) is 0. The van der Waals surface area contributed by atoms with E-state index in [1.54, 1.807) is 7.11 Å². The number of nitrogens with zero attached hydrogens (tertiary/aromatic N) is 2. The van der Waals surface area contributed by atoms with Gasteiger partial charge in [0.1, 0.15) is 17.1 Å². The van der Waals surface area contributed by atoms with Crippen molar-refractivity contribution in [3.63, 3.8) is 0 Å². The molecule has 0 saturated carbocycles. The second-order valence-corrected chi connectivity index (χ2v) is 7.86. The molecule has 0 radical (unpaired) electrons. The van der Waals surface area contributed by atoms with E-state index in [1.165, 1.54) is 6.07 Å². The molecule has 32 heavy (non-hydrogen) atoms. The van der Waals surface area contributed by atoms with Gasteiger partial charge in [0, 0.05) is 48.9 Å². The Morgan fingerprint density at radius 1 is 1.06 bits per heavy atom. The second kappa shape index (κ2) is 9.34. The van der Waals surface area contributed by atoms with Crippen molar-refractivity contribution in [1.82, 2.24) is 4.90 Å². The Kier molecular flexibility index (Phi) is 6.35. The van der Waals surface area contributed by atoms with Gasteiger partial charge in [-0.1, -0.05) is 6.92 Å². The molecule has 1 amide bonds. The molecule has 3 aromatic rings. The molecule has 4 rings (SSSR count). The van der Waals surface area contributed by atoms with Crippen LogP contribution in [0.2, 0.25) is 0 Å². The number of anilines is 1. The molecule has 1 saturated heterocycles. The van der Waals surface area contributed by atoms with E-state index in [-0.39, 0.29) is 18.1 Å². The van der Waals surface area contributed by atoms with E-state index in [1.807, 2.05) is 55.1 Å². The average Bonchev–Trinajstić information content (AvgIpc) is 2.83. The third-order valence-corrected chi connectivity index (χ3v) is 6.00. The van der Waals surface area contributed by atoms with Crippen molar-refractivity contribution >= 4 is 22.6 Å². The number of carbonyl (C=O) groups is 1. The lowest BCUT2D eigenvalue weighted by Crippen LogP contribution is -2.50. The van der Waals surface area contributed by atoms with Gasteiger partial charge in [-0.15, -0.1) is 0 Å². The predicted octanol–water partition coefficient (Wildman–Crippen LogP) is 3.40. The summed E-state index contributed by atoms with van der Waals surface area (Å²) in [6, 6.07) is 13.2. The normalized spacial score (nSPS) is 14.0. The highest BCUT2D eigenvalue weighted by molar-refractivity contribution is 5.85. The summed E-state index contributed by atoms with van der Waals surface area (Å²) in [6.07, 6.45) is 0.739. The van der Waals surface area contributed by atoms with Gasteiger partial charge in [-0.25, -0.2) is 4.79 Å². The number of aryl methyl sites for hydroxylation is 2. The fourth-order valence-corrected chi connectivity index (χ4v) is 4.09. The van der Waals surface area contributed by atoms with Crippen molar-refractivity contribution in [1.29, 1.82) is 0 Å². The second-order valence-electron chi connectivity index (χ2n) is 7.86. The van der Waals surface area contributed by atoms with Crippen LogP contribution in [-0.2, 0) is 11.2 Å². The number of hydrogen-bond acceptors (Lipinski definition) is 6. The van der Waals surface area contributed by atoms with Gasteiger partial charge in [0.2, 0.25) is 0 Å². The van der Waals surface area contributed by atoms with E-state index in [9.17, 15) is 9.59 Å². The molecule has 0 aliphatic carbocycles. The highest BCUT2D eigenvalue weighted by atomic mass is 16.5. The van der Waals surface area contributed by atoms with Crippen LogP contribution in [0.5, 0.6) is 11.5 Å². The van der Waals surface area contributed by atoms with Crippen molar-refractivity contribution in [2.75, 3.05) is 44.8 Å². The van der Waals surface area contributed by atoms with Gasteiger partial charge in [-0.3, -0.25) is 4.79 Å². The zero-order chi connectivity index (χ0) is 22.7. The Balaban J connectivity index is 1.37. The zero-order valence-corrected chi connectivity index (χ0v) is 18.7. The summed E-state index contributed by atoms with van der Waals surface area (Å²) in [5.74, 6) is 1.33. The van der Waals surface area contributed by atoms with Crippen LogP contribution in [-0.4, -0.2) is 50.7 Å². The minimum absolute atomic E-state index is 0.0490. The first-order valence-electron chi connectivity index (χ1n) is 10.9. The third-order valence-electron chi connectivity index (χ3n) is 6.00. The van der Waals surface area contributed by atoms with Crippen LogP contribution in [0.25, 0.3) is 11.0 Å². The van der Waals surface area contributed by atoms with Crippen LogP contribution in [0.15, 0.2) is 51.7 Å². The summed E-state index contributed by atoms with van der Waals surface area (Å²) in [4.78, 5) is 28.7. The lowest BCUT2D eigenvalue weighted by molar-refractivity contribution is -0.133. The molecule has 0 unspecified atom stereocenters. The number of benzene rings is 2. The van der Waals surface area contributed by atoms with Crippen LogP contribution in [0.3, 0.4) is 0 Å². The first-order chi connectivity index (χ1) is 15.5. The molecule has 1 aromatic heterocycles. The Labute approximate surface area is 187 Å². The van der Waals surface area contributed by atoms with E-state index >= 15 is 0 Å². The first-order valence-corrected chi connectivity index (χ1v) is 10.9.